The van der Waals surface area contributed by atoms with Gasteiger partial charge in [0, 0.05) is 19.1 Å². The van der Waals surface area contributed by atoms with E-state index in [2.05, 4.69) is 18.7 Å². The molecular formula is C19H30N2O3S. The molecule has 0 aliphatic carbocycles. The van der Waals surface area contributed by atoms with E-state index in [4.69, 9.17) is 0 Å². The number of aliphatic hydroxyl groups is 1. The number of nitrogens with zero attached hydrogens (tertiary/aromatic N) is 2. The summed E-state index contributed by atoms with van der Waals surface area (Å²) in [5, 5.41) is 10.7. The van der Waals surface area contributed by atoms with Crippen molar-refractivity contribution in [1.82, 2.24) is 4.90 Å². The minimum absolute atomic E-state index is 0.488. The van der Waals surface area contributed by atoms with Gasteiger partial charge < -0.3 is 5.11 Å². The van der Waals surface area contributed by atoms with Gasteiger partial charge in [-0.15, -0.1) is 0 Å². The van der Waals surface area contributed by atoms with Crippen LogP contribution < -0.4 is 4.31 Å². The summed E-state index contributed by atoms with van der Waals surface area (Å²) >= 11 is 0. The highest BCUT2D eigenvalue weighted by atomic mass is 32.2. The zero-order chi connectivity index (χ0) is 18.2. The lowest BCUT2D eigenvalue weighted by Crippen LogP contribution is -2.44. The van der Waals surface area contributed by atoms with Gasteiger partial charge in [-0.2, -0.15) is 0 Å². The van der Waals surface area contributed by atoms with Crippen molar-refractivity contribution in [3.63, 3.8) is 0 Å². The molecular weight excluding hydrogens is 336 g/mol. The topological polar surface area (TPSA) is 60.9 Å². The van der Waals surface area contributed by atoms with Crippen LogP contribution in [0.25, 0.3) is 0 Å². The lowest BCUT2D eigenvalue weighted by Gasteiger charge is -2.39. The maximum Gasteiger partial charge on any atom is 0.232 e. The number of hydrogen-bond donors (Lipinski definition) is 1. The Morgan fingerprint density at radius 1 is 1.24 bits per heavy atom. The summed E-state index contributed by atoms with van der Waals surface area (Å²) in [5.41, 5.74) is 2.68. The molecule has 2 aliphatic rings. The Labute approximate surface area is 151 Å². The van der Waals surface area contributed by atoms with Gasteiger partial charge in [-0.05, 0) is 62.3 Å². The van der Waals surface area contributed by atoms with Gasteiger partial charge in [0.2, 0.25) is 10.0 Å². The highest BCUT2D eigenvalue weighted by molar-refractivity contribution is 7.92. The van der Waals surface area contributed by atoms with E-state index in [1.807, 2.05) is 18.2 Å². The minimum atomic E-state index is -3.25. The summed E-state index contributed by atoms with van der Waals surface area (Å²) in [4.78, 5) is 2.38. The van der Waals surface area contributed by atoms with Gasteiger partial charge in [0.15, 0.2) is 0 Å². The monoisotopic (exact) mass is 366 g/mol. The van der Waals surface area contributed by atoms with Crippen LogP contribution in [-0.4, -0.2) is 50.4 Å². The average Bonchev–Trinajstić information content (AvgIpc) is 2.57. The number of aryl methyl sites for hydroxylation is 1. The normalized spacial score (nSPS) is 26.3. The van der Waals surface area contributed by atoms with Crippen LogP contribution >= 0.6 is 0 Å². The molecule has 0 bridgehead atoms. The van der Waals surface area contributed by atoms with Crippen LogP contribution in [0.15, 0.2) is 18.2 Å². The SMILES string of the molecule is CC1CCCN(CC(O)c2ccc3c(c2)CCCN3S(C)(=O)=O)C1C. The number of hydrogen-bond acceptors (Lipinski definition) is 4. The second-order valence-corrected chi connectivity index (χ2v) is 9.60. The third kappa shape index (κ3) is 4.01. The molecule has 1 saturated heterocycles. The lowest BCUT2D eigenvalue weighted by molar-refractivity contribution is 0.0512. The number of anilines is 1. The highest BCUT2D eigenvalue weighted by Gasteiger charge is 2.28. The van der Waals surface area contributed by atoms with Crippen LogP contribution in [0.5, 0.6) is 0 Å². The zero-order valence-corrected chi connectivity index (χ0v) is 16.3. The first kappa shape index (κ1) is 18.7. The molecule has 0 amide bonds. The van der Waals surface area contributed by atoms with E-state index < -0.39 is 16.1 Å². The highest BCUT2D eigenvalue weighted by Crippen LogP contribution is 2.32. The Hall–Kier alpha value is -1.11. The van der Waals surface area contributed by atoms with E-state index in [0.29, 0.717) is 25.0 Å². The quantitative estimate of drug-likeness (QED) is 0.890. The first-order chi connectivity index (χ1) is 11.8. The summed E-state index contributed by atoms with van der Waals surface area (Å²) in [6.45, 7) is 6.74. The third-order valence-electron chi connectivity index (χ3n) is 5.88. The molecule has 140 valence electrons. The van der Waals surface area contributed by atoms with Crippen molar-refractivity contribution in [2.75, 3.05) is 30.2 Å². The van der Waals surface area contributed by atoms with Gasteiger partial charge in [0.05, 0.1) is 18.0 Å². The molecule has 2 heterocycles. The average molecular weight is 367 g/mol. The predicted octanol–water partition coefficient (Wildman–Crippen LogP) is 2.55. The van der Waals surface area contributed by atoms with Crippen molar-refractivity contribution in [1.29, 1.82) is 0 Å². The van der Waals surface area contributed by atoms with Crippen LogP contribution in [0.4, 0.5) is 5.69 Å². The molecule has 2 aliphatic heterocycles. The molecule has 0 spiro atoms. The van der Waals surface area contributed by atoms with Crippen LogP contribution in [0.2, 0.25) is 0 Å². The van der Waals surface area contributed by atoms with Gasteiger partial charge in [-0.3, -0.25) is 9.21 Å². The van der Waals surface area contributed by atoms with Crippen LogP contribution in [-0.2, 0) is 16.4 Å². The number of aliphatic hydroxyl groups excluding tert-OH is 1. The molecule has 0 saturated carbocycles. The molecule has 1 fully saturated rings. The van der Waals surface area contributed by atoms with E-state index in [0.717, 1.165) is 36.2 Å². The van der Waals surface area contributed by atoms with Crippen LogP contribution in [0, 0.1) is 5.92 Å². The summed E-state index contributed by atoms with van der Waals surface area (Å²) < 4.78 is 25.4. The van der Waals surface area contributed by atoms with Crippen molar-refractivity contribution >= 4 is 15.7 Å². The Bertz CT molecular complexity index is 719. The van der Waals surface area contributed by atoms with Gasteiger partial charge in [-0.1, -0.05) is 19.1 Å². The van der Waals surface area contributed by atoms with Crippen molar-refractivity contribution in [2.45, 2.75) is 51.7 Å². The van der Waals surface area contributed by atoms with Gasteiger partial charge in [0.1, 0.15) is 0 Å². The molecule has 3 rings (SSSR count). The Morgan fingerprint density at radius 3 is 2.72 bits per heavy atom. The number of rotatable bonds is 4. The minimum Gasteiger partial charge on any atom is -0.387 e. The largest absolute Gasteiger partial charge is 0.387 e. The number of sulfonamides is 1. The molecule has 3 unspecified atom stereocenters. The van der Waals surface area contributed by atoms with E-state index in [1.54, 1.807) is 0 Å². The van der Waals surface area contributed by atoms with E-state index in [9.17, 15) is 13.5 Å². The molecule has 3 atom stereocenters. The number of benzene rings is 1. The lowest BCUT2D eigenvalue weighted by atomic mass is 9.91. The van der Waals surface area contributed by atoms with Crippen molar-refractivity contribution in [3.8, 4) is 0 Å². The van der Waals surface area contributed by atoms with E-state index in [1.165, 1.54) is 23.4 Å². The van der Waals surface area contributed by atoms with Gasteiger partial charge >= 0.3 is 0 Å². The first-order valence-corrected chi connectivity index (χ1v) is 11.1. The fourth-order valence-corrected chi connectivity index (χ4v) is 5.14. The maximum atomic E-state index is 12.0. The molecule has 0 aromatic heterocycles. The fourth-order valence-electron chi connectivity index (χ4n) is 4.14. The summed E-state index contributed by atoms with van der Waals surface area (Å²) in [6.07, 6.45) is 4.84. The number of likely N-dealkylation sites (tertiary alicyclic amines) is 1. The van der Waals surface area contributed by atoms with Crippen LogP contribution in [0.1, 0.15) is 50.3 Å². The third-order valence-corrected chi connectivity index (χ3v) is 7.06. The summed E-state index contributed by atoms with van der Waals surface area (Å²) in [7, 11) is -3.25. The summed E-state index contributed by atoms with van der Waals surface area (Å²) in [5.74, 6) is 0.660. The molecule has 1 N–H and O–H groups in total. The van der Waals surface area contributed by atoms with Crippen molar-refractivity contribution in [3.05, 3.63) is 29.3 Å². The first-order valence-electron chi connectivity index (χ1n) is 9.30. The van der Waals surface area contributed by atoms with Crippen molar-refractivity contribution < 1.29 is 13.5 Å². The van der Waals surface area contributed by atoms with Crippen molar-refractivity contribution in [2.24, 2.45) is 5.92 Å². The van der Waals surface area contributed by atoms with Gasteiger partial charge in [0.25, 0.3) is 0 Å². The molecule has 5 nitrogen and oxygen atoms in total. The Morgan fingerprint density at radius 2 is 2.00 bits per heavy atom. The molecule has 25 heavy (non-hydrogen) atoms. The predicted molar refractivity (Wildman–Crippen MR) is 101 cm³/mol. The smallest absolute Gasteiger partial charge is 0.232 e. The Kier molecular flexibility index (Phi) is 5.42. The molecule has 6 heteroatoms. The zero-order valence-electron chi connectivity index (χ0n) is 15.5. The second kappa shape index (κ2) is 7.25. The number of β-amino-alcohol motifs (C(OH)–C–C–N with tert-alkyl or cyclic N) is 1. The van der Waals surface area contributed by atoms with Gasteiger partial charge in [-0.25, -0.2) is 8.42 Å². The van der Waals surface area contributed by atoms with E-state index >= 15 is 0 Å². The molecule has 0 radical (unpaired) electrons. The fraction of sp³-hybridized carbons (Fsp3) is 0.684. The standard InChI is InChI=1S/C19H30N2O3S/c1-14-6-4-10-20(15(14)2)13-19(22)17-8-9-18-16(12-17)7-5-11-21(18)25(3,23)24/h8-9,12,14-15,19,22H,4-7,10-11,13H2,1-3H3. The Balaban J connectivity index is 1.77. The number of piperidine rings is 1. The second-order valence-electron chi connectivity index (χ2n) is 7.70. The number of fused-ring (bicyclic) bond motifs is 1. The van der Waals surface area contributed by atoms with Crippen LogP contribution in [0.3, 0.4) is 0 Å². The molecule has 1 aromatic carbocycles. The van der Waals surface area contributed by atoms with E-state index in [-0.39, 0.29) is 0 Å². The summed E-state index contributed by atoms with van der Waals surface area (Å²) in [6, 6.07) is 6.22. The molecule has 1 aromatic rings. The maximum absolute atomic E-state index is 12.0.